The Bertz CT molecular complexity index is 1170. The number of amidine groups is 1. The van der Waals surface area contributed by atoms with Crippen LogP contribution in [-0.2, 0) is 4.79 Å². The molecule has 154 valence electrons. The molecule has 0 spiro atoms. The average Bonchev–Trinajstić information content (AvgIpc) is 2.66. The number of nitrogens with one attached hydrogen (secondary N) is 2. The van der Waals surface area contributed by atoms with E-state index in [-0.39, 0.29) is 16.8 Å². The zero-order chi connectivity index (χ0) is 22.1. The van der Waals surface area contributed by atoms with Crippen molar-refractivity contribution in [3.05, 3.63) is 71.3 Å². The minimum Gasteiger partial charge on any atom is -0.418 e. The van der Waals surface area contributed by atoms with Crippen LogP contribution in [0.3, 0.4) is 0 Å². The maximum atomic E-state index is 12.8. The lowest BCUT2D eigenvalue weighted by molar-refractivity contribution is -0.189. The molecule has 3 rings (SSSR count). The summed E-state index contributed by atoms with van der Waals surface area (Å²) in [5, 5.41) is 10.5. The van der Waals surface area contributed by atoms with Gasteiger partial charge in [0.2, 0.25) is 0 Å². The van der Waals surface area contributed by atoms with E-state index in [1.54, 1.807) is 18.2 Å². The van der Waals surface area contributed by atoms with Crippen molar-refractivity contribution in [2.45, 2.75) is 13.1 Å². The molecule has 3 aromatic rings. The van der Waals surface area contributed by atoms with Gasteiger partial charge in [-0.05, 0) is 48.2 Å². The maximum absolute atomic E-state index is 12.8. The van der Waals surface area contributed by atoms with Crippen molar-refractivity contribution >= 4 is 34.2 Å². The van der Waals surface area contributed by atoms with E-state index < -0.39 is 23.8 Å². The van der Waals surface area contributed by atoms with Crippen LogP contribution in [0.5, 0.6) is 5.75 Å². The van der Waals surface area contributed by atoms with E-state index in [1.807, 2.05) is 13.0 Å². The van der Waals surface area contributed by atoms with Gasteiger partial charge in [0.25, 0.3) is 5.91 Å². The Morgan fingerprint density at radius 2 is 1.80 bits per heavy atom. The quantitative estimate of drug-likeness (QED) is 0.258. The van der Waals surface area contributed by atoms with Crippen molar-refractivity contribution in [1.29, 1.82) is 5.41 Å². The van der Waals surface area contributed by atoms with Crippen LogP contribution in [0.15, 0.2) is 54.6 Å². The van der Waals surface area contributed by atoms with Gasteiger partial charge in [0, 0.05) is 16.6 Å². The summed E-state index contributed by atoms with van der Waals surface area (Å²) in [4.78, 5) is 24.3. The van der Waals surface area contributed by atoms with Crippen LogP contribution in [0.2, 0.25) is 0 Å². The van der Waals surface area contributed by atoms with E-state index in [2.05, 4.69) is 10.1 Å². The molecule has 4 N–H and O–H groups in total. The number of carbonyl (C=O) groups excluding carboxylic acids is 2. The molecule has 0 saturated carbocycles. The van der Waals surface area contributed by atoms with Crippen LogP contribution >= 0.6 is 0 Å². The van der Waals surface area contributed by atoms with Crippen LogP contribution in [0.1, 0.15) is 21.5 Å². The standard InChI is InChI=1S/C21H16F3N3O3/c1-11-3-2-4-14(9-11)27-19(28)16-8-5-12-10-13(18(25)26)6-7-15(12)17(16)30-20(29)21(22,23)24/h2-10H,1H3,(H3,25,26)(H,27,28). The van der Waals surface area contributed by atoms with Gasteiger partial charge in [-0.2, -0.15) is 13.2 Å². The number of hydrogen-bond donors (Lipinski definition) is 3. The number of esters is 1. The summed E-state index contributed by atoms with van der Waals surface area (Å²) in [7, 11) is 0. The largest absolute Gasteiger partial charge is 0.491 e. The van der Waals surface area contributed by atoms with Crippen molar-refractivity contribution in [3.63, 3.8) is 0 Å². The number of carbonyl (C=O) groups is 2. The summed E-state index contributed by atoms with van der Waals surface area (Å²) in [6, 6.07) is 13.7. The maximum Gasteiger partial charge on any atom is 0.491 e. The number of nitrogens with two attached hydrogens (primary N) is 1. The van der Waals surface area contributed by atoms with E-state index in [4.69, 9.17) is 11.1 Å². The third kappa shape index (κ3) is 4.40. The van der Waals surface area contributed by atoms with Crippen molar-refractivity contribution < 1.29 is 27.5 Å². The molecule has 0 fully saturated rings. The van der Waals surface area contributed by atoms with Gasteiger partial charge >= 0.3 is 12.1 Å². The number of alkyl halides is 3. The number of amides is 1. The van der Waals surface area contributed by atoms with Crippen LogP contribution < -0.4 is 15.8 Å². The Kier molecular flexibility index (Phi) is 5.46. The van der Waals surface area contributed by atoms with Gasteiger partial charge < -0.3 is 15.8 Å². The molecule has 30 heavy (non-hydrogen) atoms. The second kappa shape index (κ2) is 7.86. The first-order valence-corrected chi connectivity index (χ1v) is 8.64. The average molecular weight is 415 g/mol. The monoisotopic (exact) mass is 415 g/mol. The molecule has 0 aromatic heterocycles. The van der Waals surface area contributed by atoms with E-state index in [9.17, 15) is 22.8 Å². The predicted octanol–water partition coefficient (Wildman–Crippen LogP) is 4.15. The highest BCUT2D eigenvalue weighted by Gasteiger charge is 2.42. The summed E-state index contributed by atoms with van der Waals surface area (Å²) >= 11 is 0. The smallest absolute Gasteiger partial charge is 0.418 e. The molecule has 0 aliphatic heterocycles. The molecule has 0 saturated heterocycles. The Balaban J connectivity index is 2.10. The van der Waals surface area contributed by atoms with E-state index >= 15 is 0 Å². The fourth-order valence-electron chi connectivity index (χ4n) is 2.83. The number of hydrogen-bond acceptors (Lipinski definition) is 4. The lowest BCUT2D eigenvalue weighted by Gasteiger charge is -2.15. The Labute approximate surface area is 169 Å². The highest BCUT2D eigenvalue weighted by Crippen LogP contribution is 2.33. The van der Waals surface area contributed by atoms with Gasteiger partial charge in [-0.25, -0.2) is 4.79 Å². The van der Waals surface area contributed by atoms with Crippen LogP contribution in [-0.4, -0.2) is 23.9 Å². The lowest BCUT2D eigenvalue weighted by atomic mass is 10.0. The third-order valence-electron chi connectivity index (χ3n) is 4.23. The number of ether oxygens (including phenoxy) is 1. The lowest BCUT2D eigenvalue weighted by Crippen LogP contribution is -2.29. The summed E-state index contributed by atoms with van der Waals surface area (Å²) in [6.07, 6.45) is -5.24. The van der Waals surface area contributed by atoms with Gasteiger partial charge in [0.15, 0.2) is 5.75 Å². The second-order valence-corrected chi connectivity index (χ2v) is 6.50. The zero-order valence-corrected chi connectivity index (χ0v) is 15.6. The fourth-order valence-corrected chi connectivity index (χ4v) is 2.83. The summed E-state index contributed by atoms with van der Waals surface area (Å²) in [6.45, 7) is 1.81. The number of anilines is 1. The number of halogens is 3. The van der Waals surface area contributed by atoms with E-state index in [0.29, 0.717) is 16.6 Å². The molecule has 0 heterocycles. The topological polar surface area (TPSA) is 105 Å². The first-order valence-electron chi connectivity index (χ1n) is 8.64. The van der Waals surface area contributed by atoms with Crippen LogP contribution in [0.4, 0.5) is 18.9 Å². The number of fused-ring (bicyclic) bond motifs is 1. The molecule has 0 unspecified atom stereocenters. The van der Waals surface area contributed by atoms with Crippen molar-refractivity contribution in [3.8, 4) is 5.75 Å². The minimum atomic E-state index is -5.24. The van der Waals surface area contributed by atoms with Gasteiger partial charge in [-0.1, -0.05) is 24.3 Å². The molecule has 6 nitrogen and oxygen atoms in total. The highest BCUT2D eigenvalue weighted by atomic mass is 19.4. The molecule has 0 radical (unpaired) electrons. The van der Waals surface area contributed by atoms with Crippen molar-refractivity contribution in [2.24, 2.45) is 5.73 Å². The molecule has 3 aromatic carbocycles. The molecule has 0 bridgehead atoms. The Morgan fingerprint density at radius 3 is 2.43 bits per heavy atom. The van der Waals surface area contributed by atoms with Crippen molar-refractivity contribution in [1.82, 2.24) is 0 Å². The Morgan fingerprint density at radius 1 is 1.07 bits per heavy atom. The van der Waals surface area contributed by atoms with Crippen LogP contribution in [0, 0.1) is 12.3 Å². The summed E-state index contributed by atoms with van der Waals surface area (Å²) in [5.74, 6) is -3.97. The number of rotatable bonds is 4. The first kappa shape index (κ1) is 20.8. The van der Waals surface area contributed by atoms with Gasteiger partial charge in [0.1, 0.15) is 5.84 Å². The van der Waals surface area contributed by atoms with E-state index in [1.165, 1.54) is 30.3 Å². The molecular formula is C21H16F3N3O3. The molecule has 9 heteroatoms. The summed E-state index contributed by atoms with van der Waals surface area (Å²) in [5.41, 5.74) is 6.81. The van der Waals surface area contributed by atoms with Crippen LogP contribution in [0.25, 0.3) is 10.8 Å². The molecule has 0 atom stereocenters. The highest BCUT2D eigenvalue weighted by molar-refractivity contribution is 6.11. The zero-order valence-electron chi connectivity index (χ0n) is 15.6. The Hall–Kier alpha value is -3.88. The third-order valence-corrected chi connectivity index (χ3v) is 4.23. The van der Waals surface area contributed by atoms with Crippen molar-refractivity contribution in [2.75, 3.05) is 5.32 Å². The van der Waals surface area contributed by atoms with Gasteiger partial charge in [-0.15, -0.1) is 0 Å². The first-order chi connectivity index (χ1) is 14.1. The van der Waals surface area contributed by atoms with E-state index in [0.717, 1.165) is 5.56 Å². The minimum absolute atomic E-state index is 0.0921. The summed E-state index contributed by atoms with van der Waals surface area (Å²) < 4.78 is 43.0. The molecular weight excluding hydrogens is 399 g/mol. The number of nitrogen functional groups attached to an aromatic ring is 1. The number of aryl methyl sites for hydroxylation is 1. The SMILES string of the molecule is Cc1cccc(NC(=O)c2ccc3cc(C(=N)N)ccc3c2OC(=O)C(F)(F)F)c1. The molecule has 1 amide bonds. The second-order valence-electron chi connectivity index (χ2n) is 6.50. The van der Waals surface area contributed by atoms with Gasteiger partial charge in [0.05, 0.1) is 5.56 Å². The number of benzene rings is 3. The normalized spacial score (nSPS) is 11.2. The molecule has 0 aliphatic carbocycles. The molecule has 0 aliphatic rings. The fraction of sp³-hybridized carbons (Fsp3) is 0.0952. The predicted molar refractivity (Wildman–Crippen MR) is 106 cm³/mol. The van der Waals surface area contributed by atoms with Gasteiger partial charge in [-0.3, -0.25) is 10.2 Å².